The first-order valence-corrected chi connectivity index (χ1v) is 29.5. The standard InChI is InChI=1S/C63H112O5/c1-4-7-10-13-16-19-22-25-28-30-31-32-34-37-40-43-46-49-52-55-58-66-59-61(68-63(65)57-54-51-48-45-42-39-35-27-24-21-18-15-12-9-6-3)60-67-62(64)56-53-50-47-44-41-38-36-33-29-26-23-20-17-14-11-8-5-2/h9,12,18,21,25-29,35,42,45,61H,4-8,10-11,13-17,19-20,22-24,30-34,36-41,43-44,46-60H2,1-3H3/b12-9-,21-18-,28-25-,29-26-,35-27-,45-42-. The molecule has 0 radical (unpaired) electrons. The van der Waals surface area contributed by atoms with E-state index >= 15 is 0 Å². The van der Waals surface area contributed by atoms with E-state index in [1.165, 1.54) is 180 Å². The third-order valence-electron chi connectivity index (χ3n) is 12.7. The second-order valence-corrected chi connectivity index (χ2v) is 19.5. The van der Waals surface area contributed by atoms with Crippen LogP contribution < -0.4 is 0 Å². The number of carbonyl (C=O) groups excluding carboxylic acids is 2. The first kappa shape index (κ1) is 65.3. The molecule has 0 aromatic carbocycles. The van der Waals surface area contributed by atoms with Gasteiger partial charge < -0.3 is 14.2 Å². The van der Waals surface area contributed by atoms with Crippen molar-refractivity contribution < 1.29 is 23.8 Å². The highest BCUT2D eigenvalue weighted by molar-refractivity contribution is 5.70. The van der Waals surface area contributed by atoms with Gasteiger partial charge in [-0.05, 0) is 109 Å². The van der Waals surface area contributed by atoms with Gasteiger partial charge >= 0.3 is 11.9 Å². The molecule has 0 heterocycles. The minimum absolute atomic E-state index is 0.0654. The van der Waals surface area contributed by atoms with Gasteiger partial charge in [-0.15, -0.1) is 0 Å². The summed E-state index contributed by atoms with van der Waals surface area (Å²) in [5, 5.41) is 0. The molecular weight excluding hydrogens is 837 g/mol. The molecule has 0 aliphatic carbocycles. The van der Waals surface area contributed by atoms with Crippen LogP contribution in [0.5, 0.6) is 0 Å². The van der Waals surface area contributed by atoms with Gasteiger partial charge in [0.05, 0.1) is 6.61 Å². The highest BCUT2D eigenvalue weighted by Gasteiger charge is 2.17. The van der Waals surface area contributed by atoms with Gasteiger partial charge in [-0.1, -0.05) is 241 Å². The van der Waals surface area contributed by atoms with Crippen molar-refractivity contribution in [3.05, 3.63) is 72.9 Å². The fourth-order valence-electron chi connectivity index (χ4n) is 8.32. The monoisotopic (exact) mass is 949 g/mol. The molecule has 0 amide bonds. The topological polar surface area (TPSA) is 61.8 Å². The van der Waals surface area contributed by atoms with Gasteiger partial charge in [0.2, 0.25) is 0 Å². The van der Waals surface area contributed by atoms with E-state index < -0.39 is 6.10 Å². The molecule has 0 fully saturated rings. The fraction of sp³-hybridized carbons (Fsp3) is 0.778. The number of esters is 2. The summed E-state index contributed by atoms with van der Waals surface area (Å²) in [5.74, 6) is -0.442. The Morgan fingerprint density at radius 3 is 1.10 bits per heavy atom. The first-order chi connectivity index (χ1) is 33.6. The Labute approximate surface area is 423 Å². The van der Waals surface area contributed by atoms with Crippen LogP contribution in [0, 0.1) is 0 Å². The highest BCUT2D eigenvalue weighted by atomic mass is 16.6. The predicted octanol–water partition coefficient (Wildman–Crippen LogP) is 20.2. The van der Waals surface area contributed by atoms with Crippen molar-refractivity contribution in [1.82, 2.24) is 0 Å². The average Bonchev–Trinajstić information content (AvgIpc) is 3.34. The Morgan fingerprint density at radius 1 is 0.338 bits per heavy atom. The van der Waals surface area contributed by atoms with Crippen LogP contribution in [0.2, 0.25) is 0 Å². The van der Waals surface area contributed by atoms with Crippen LogP contribution in [0.1, 0.15) is 290 Å². The lowest BCUT2D eigenvalue weighted by Crippen LogP contribution is -2.30. The van der Waals surface area contributed by atoms with E-state index in [1.807, 2.05) is 0 Å². The number of unbranched alkanes of at least 4 members (excludes halogenated alkanes) is 31. The van der Waals surface area contributed by atoms with Crippen LogP contribution in [0.15, 0.2) is 72.9 Å². The van der Waals surface area contributed by atoms with E-state index in [0.29, 0.717) is 19.4 Å². The van der Waals surface area contributed by atoms with Crippen molar-refractivity contribution in [2.24, 2.45) is 0 Å². The van der Waals surface area contributed by atoms with Crippen LogP contribution in [0.4, 0.5) is 0 Å². The molecular formula is C63H112O5. The van der Waals surface area contributed by atoms with Gasteiger partial charge in [0.15, 0.2) is 6.10 Å². The van der Waals surface area contributed by atoms with Crippen LogP contribution in [0.3, 0.4) is 0 Å². The zero-order valence-electron chi connectivity index (χ0n) is 45.4. The van der Waals surface area contributed by atoms with Crippen molar-refractivity contribution in [2.45, 2.75) is 297 Å². The molecule has 0 aromatic heterocycles. The van der Waals surface area contributed by atoms with Crippen LogP contribution in [-0.2, 0) is 23.8 Å². The van der Waals surface area contributed by atoms with E-state index in [9.17, 15) is 9.59 Å². The molecule has 0 aliphatic heterocycles. The second-order valence-electron chi connectivity index (χ2n) is 19.5. The van der Waals surface area contributed by atoms with Crippen LogP contribution in [-0.4, -0.2) is 37.9 Å². The number of hydrogen-bond acceptors (Lipinski definition) is 5. The molecule has 0 saturated heterocycles. The molecule has 1 atom stereocenters. The van der Waals surface area contributed by atoms with Crippen molar-refractivity contribution >= 4 is 11.9 Å². The molecule has 0 bridgehead atoms. The summed E-state index contributed by atoms with van der Waals surface area (Å²) in [5.41, 5.74) is 0. The van der Waals surface area contributed by atoms with Crippen molar-refractivity contribution in [3.8, 4) is 0 Å². The van der Waals surface area contributed by atoms with Gasteiger partial charge in [-0.3, -0.25) is 9.59 Å². The summed E-state index contributed by atoms with van der Waals surface area (Å²) in [6, 6.07) is 0. The Morgan fingerprint density at radius 2 is 0.662 bits per heavy atom. The van der Waals surface area contributed by atoms with E-state index in [1.54, 1.807) is 0 Å². The molecule has 0 N–H and O–H groups in total. The minimum atomic E-state index is -0.563. The van der Waals surface area contributed by atoms with Gasteiger partial charge in [0.1, 0.15) is 6.61 Å². The van der Waals surface area contributed by atoms with E-state index in [4.69, 9.17) is 14.2 Å². The van der Waals surface area contributed by atoms with E-state index in [2.05, 4.69) is 93.7 Å². The normalized spacial score (nSPS) is 12.7. The summed E-state index contributed by atoms with van der Waals surface area (Å²) >= 11 is 0. The summed E-state index contributed by atoms with van der Waals surface area (Å²) in [4.78, 5) is 25.5. The largest absolute Gasteiger partial charge is 0.462 e. The maximum absolute atomic E-state index is 12.8. The Balaban J connectivity index is 4.30. The molecule has 394 valence electrons. The Kier molecular flexibility index (Phi) is 56.4. The van der Waals surface area contributed by atoms with Gasteiger partial charge in [-0.2, -0.15) is 0 Å². The molecule has 0 rings (SSSR count). The van der Waals surface area contributed by atoms with Crippen molar-refractivity contribution in [3.63, 3.8) is 0 Å². The van der Waals surface area contributed by atoms with E-state index in [0.717, 1.165) is 77.0 Å². The minimum Gasteiger partial charge on any atom is -0.462 e. The molecule has 0 saturated carbocycles. The summed E-state index contributed by atoms with van der Waals surface area (Å²) in [6.07, 6.45) is 76.5. The lowest BCUT2D eigenvalue weighted by Gasteiger charge is -2.18. The molecule has 0 spiro atoms. The summed E-state index contributed by atoms with van der Waals surface area (Å²) in [7, 11) is 0. The zero-order valence-corrected chi connectivity index (χ0v) is 45.4. The maximum atomic E-state index is 12.8. The Hall–Kier alpha value is -2.66. The fourth-order valence-corrected chi connectivity index (χ4v) is 8.32. The smallest absolute Gasteiger partial charge is 0.306 e. The summed E-state index contributed by atoms with van der Waals surface area (Å²) < 4.78 is 17.5. The number of rotatable bonds is 54. The first-order valence-electron chi connectivity index (χ1n) is 29.5. The molecule has 5 nitrogen and oxygen atoms in total. The van der Waals surface area contributed by atoms with Gasteiger partial charge in [-0.25, -0.2) is 0 Å². The molecule has 0 aliphatic rings. The zero-order chi connectivity index (χ0) is 49.2. The van der Waals surface area contributed by atoms with E-state index in [-0.39, 0.29) is 25.2 Å². The lowest BCUT2D eigenvalue weighted by molar-refractivity contribution is -0.163. The molecule has 68 heavy (non-hydrogen) atoms. The number of hydrogen-bond donors (Lipinski definition) is 0. The molecule has 5 heteroatoms. The Bertz CT molecular complexity index is 1210. The quantitative estimate of drug-likeness (QED) is 0.0345. The number of carbonyl (C=O) groups is 2. The maximum Gasteiger partial charge on any atom is 0.306 e. The van der Waals surface area contributed by atoms with Crippen LogP contribution in [0.25, 0.3) is 0 Å². The number of ether oxygens (including phenoxy) is 3. The molecule has 0 aromatic rings. The predicted molar refractivity (Wildman–Crippen MR) is 297 cm³/mol. The van der Waals surface area contributed by atoms with Crippen LogP contribution >= 0.6 is 0 Å². The second kappa shape index (κ2) is 58.7. The number of allylic oxidation sites excluding steroid dienone is 12. The highest BCUT2D eigenvalue weighted by Crippen LogP contribution is 2.15. The van der Waals surface area contributed by atoms with Crippen molar-refractivity contribution in [1.29, 1.82) is 0 Å². The lowest BCUT2D eigenvalue weighted by atomic mass is 10.1. The average molecular weight is 950 g/mol. The van der Waals surface area contributed by atoms with Crippen molar-refractivity contribution in [2.75, 3.05) is 19.8 Å². The van der Waals surface area contributed by atoms with Gasteiger partial charge in [0.25, 0.3) is 0 Å². The summed E-state index contributed by atoms with van der Waals surface area (Å²) in [6.45, 7) is 7.69. The third-order valence-corrected chi connectivity index (χ3v) is 12.7. The third kappa shape index (κ3) is 55.9. The SMILES string of the molecule is CC/C=C\C/C=C\C/C=C\C/C=C\CCCCC(=O)OC(COCCCCCCCCCCCC/C=C\CCCCCCCC)COC(=O)CCCCCCCCC/C=C\CCCCCCCC. The van der Waals surface area contributed by atoms with Gasteiger partial charge in [0, 0.05) is 19.4 Å². The molecule has 1 unspecified atom stereocenters.